The number of nitrogens with one attached hydrogen (secondary N) is 1. The summed E-state index contributed by atoms with van der Waals surface area (Å²) in [6.45, 7) is 12.1. The van der Waals surface area contributed by atoms with Crippen LogP contribution in [0.15, 0.2) is 17.3 Å². The fourth-order valence-corrected chi connectivity index (χ4v) is 0.765. The second-order valence-electron chi connectivity index (χ2n) is 3.29. The summed E-state index contributed by atoms with van der Waals surface area (Å²) >= 11 is 0. The van der Waals surface area contributed by atoms with Gasteiger partial charge < -0.3 is 5.32 Å². The van der Waals surface area contributed by atoms with Gasteiger partial charge in [-0.3, -0.25) is 4.99 Å². The minimum Gasteiger partial charge on any atom is -0.389 e. The summed E-state index contributed by atoms with van der Waals surface area (Å²) in [5.74, 6) is 0.677. The van der Waals surface area contributed by atoms with Gasteiger partial charge in [-0.1, -0.05) is 20.4 Å². The van der Waals surface area contributed by atoms with E-state index in [1.807, 2.05) is 13.1 Å². The Balaban J connectivity index is 3.34. The lowest BCUT2D eigenvalue weighted by atomic mass is 10.2. The molecule has 70 valence electrons. The van der Waals surface area contributed by atoms with Crippen LogP contribution in [0.5, 0.6) is 0 Å². The first-order valence-electron chi connectivity index (χ1n) is 4.53. The van der Waals surface area contributed by atoms with E-state index in [4.69, 9.17) is 0 Å². The molecule has 0 aliphatic carbocycles. The summed E-state index contributed by atoms with van der Waals surface area (Å²) < 4.78 is 0. The highest BCUT2D eigenvalue weighted by atomic mass is 14.9. The molecule has 0 fully saturated rings. The predicted molar refractivity (Wildman–Crippen MR) is 55.6 cm³/mol. The van der Waals surface area contributed by atoms with Crippen molar-refractivity contribution in [3.05, 3.63) is 12.3 Å². The second kappa shape index (κ2) is 6.89. The van der Waals surface area contributed by atoms with E-state index in [-0.39, 0.29) is 0 Å². The van der Waals surface area contributed by atoms with Gasteiger partial charge in [0.25, 0.3) is 0 Å². The Morgan fingerprint density at radius 3 is 2.75 bits per heavy atom. The van der Waals surface area contributed by atoms with E-state index in [0.29, 0.717) is 5.92 Å². The van der Waals surface area contributed by atoms with Gasteiger partial charge in [-0.2, -0.15) is 0 Å². The van der Waals surface area contributed by atoms with Crippen molar-refractivity contribution in [3.8, 4) is 0 Å². The van der Waals surface area contributed by atoms with Crippen molar-refractivity contribution in [2.75, 3.05) is 13.1 Å². The summed E-state index contributed by atoms with van der Waals surface area (Å²) in [4.78, 5) is 4.11. The van der Waals surface area contributed by atoms with Gasteiger partial charge in [-0.05, 0) is 19.1 Å². The molecule has 0 aliphatic heterocycles. The molecule has 0 unspecified atom stereocenters. The van der Waals surface area contributed by atoms with Crippen LogP contribution in [0.4, 0.5) is 0 Å². The fraction of sp³-hybridized carbons (Fsp3) is 0.700. The summed E-state index contributed by atoms with van der Waals surface area (Å²) in [5.41, 5.74) is 1.09. The maximum Gasteiger partial charge on any atom is 0.0439 e. The molecule has 1 N–H and O–H groups in total. The van der Waals surface area contributed by atoms with Crippen molar-refractivity contribution in [2.45, 2.75) is 27.2 Å². The maximum atomic E-state index is 4.11. The molecule has 0 aliphatic rings. The zero-order valence-electron chi connectivity index (χ0n) is 8.43. The molecule has 0 heterocycles. The lowest BCUT2D eigenvalue weighted by Crippen LogP contribution is -2.18. The SMILES string of the molecule is C=C(CCN=CC)NCC(C)C. The van der Waals surface area contributed by atoms with Gasteiger partial charge in [-0.25, -0.2) is 0 Å². The molecule has 0 atom stereocenters. The molecule has 0 aromatic rings. The Kier molecular flexibility index (Phi) is 6.44. The molecule has 2 heteroatoms. The standard InChI is InChI=1S/C10H20N2/c1-5-11-7-6-10(4)12-8-9(2)3/h5,9,12H,4,6-8H2,1-3H3. The first-order valence-corrected chi connectivity index (χ1v) is 4.53. The normalized spacial score (nSPS) is 11.0. The number of rotatable bonds is 6. The van der Waals surface area contributed by atoms with Crippen LogP contribution in [0.25, 0.3) is 0 Å². The Bertz CT molecular complexity index is 148. The molecule has 0 radical (unpaired) electrons. The molecule has 0 rings (SSSR count). The molecule has 0 bridgehead atoms. The summed E-state index contributed by atoms with van der Waals surface area (Å²) in [6.07, 6.45) is 2.77. The van der Waals surface area contributed by atoms with Crippen molar-refractivity contribution in [1.82, 2.24) is 5.32 Å². The molecule has 0 saturated heterocycles. The third-order valence-electron chi connectivity index (χ3n) is 1.49. The number of aliphatic imine (C=N–C) groups is 1. The van der Waals surface area contributed by atoms with Crippen LogP contribution < -0.4 is 5.32 Å². The van der Waals surface area contributed by atoms with Crippen LogP contribution in [0.2, 0.25) is 0 Å². The lowest BCUT2D eigenvalue weighted by Gasteiger charge is -2.10. The molecule has 0 aromatic heterocycles. The van der Waals surface area contributed by atoms with E-state index in [2.05, 4.69) is 30.7 Å². The first kappa shape index (κ1) is 11.2. The van der Waals surface area contributed by atoms with Crippen molar-refractivity contribution >= 4 is 6.21 Å². The number of hydrogen-bond donors (Lipinski definition) is 1. The molecule has 2 nitrogen and oxygen atoms in total. The van der Waals surface area contributed by atoms with Gasteiger partial charge >= 0.3 is 0 Å². The van der Waals surface area contributed by atoms with Crippen molar-refractivity contribution in [2.24, 2.45) is 10.9 Å². The lowest BCUT2D eigenvalue weighted by molar-refractivity contribution is 0.587. The topological polar surface area (TPSA) is 24.4 Å². The van der Waals surface area contributed by atoms with Crippen LogP contribution in [0.1, 0.15) is 27.2 Å². The highest BCUT2D eigenvalue weighted by molar-refractivity contribution is 5.53. The molecular weight excluding hydrogens is 148 g/mol. The van der Waals surface area contributed by atoms with Gasteiger partial charge in [0.1, 0.15) is 0 Å². The largest absolute Gasteiger partial charge is 0.389 e. The number of nitrogens with zero attached hydrogens (tertiary/aromatic N) is 1. The van der Waals surface area contributed by atoms with Crippen molar-refractivity contribution in [1.29, 1.82) is 0 Å². The quantitative estimate of drug-likeness (QED) is 0.604. The van der Waals surface area contributed by atoms with Crippen LogP contribution >= 0.6 is 0 Å². The van der Waals surface area contributed by atoms with Crippen LogP contribution in [0, 0.1) is 5.92 Å². The Morgan fingerprint density at radius 1 is 1.58 bits per heavy atom. The first-order chi connectivity index (χ1) is 5.66. The molecular formula is C10H20N2. The van der Waals surface area contributed by atoms with Gasteiger partial charge in [-0.15, -0.1) is 0 Å². The highest BCUT2D eigenvalue weighted by Gasteiger charge is 1.94. The third-order valence-corrected chi connectivity index (χ3v) is 1.49. The van der Waals surface area contributed by atoms with E-state index in [1.54, 1.807) is 0 Å². The molecule has 0 spiro atoms. The van der Waals surface area contributed by atoms with E-state index in [0.717, 1.165) is 25.2 Å². The van der Waals surface area contributed by atoms with Gasteiger partial charge in [0.15, 0.2) is 0 Å². The zero-order chi connectivity index (χ0) is 9.40. The minimum absolute atomic E-state index is 0.677. The Hall–Kier alpha value is -0.790. The summed E-state index contributed by atoms with van der Waals surface area (Å²) in [6, 6.07) is 0. The van der Waals surface area contributed by atoms with Crippen molar-refractivity contribution < 1.29 is 0 Å². The molecule has 0 aromatic carbocycles. The van der Waals surface area contributed by atoms with E-state index < -0.39 is 0 Å². The van der Waals surface area contributed by atoms with E-state index in [1.165, 1.54) is 0 Å². The molecule has 12 heavy (non-hydrogen) atoms. The monoisotopic (exact) mass is 168 g/mol. The number of hydrogen-bond acceptors (Lipinski definition) is 2. The van der Waals surface area contributed by atoms with Crippen LogP contribution in [-0.4, -0.2) is 19.3 Å². The average Bonchev–Trinajstić information content (AvgIpc) is 2.01. The van der Waals surface area contributed by atoms with Crippen LogP contribution in [0.3, 0.4) is 0 Å². The second-order valence-corrected chi connectivity index (χ2v) is 3.29. The Labute approximate surface area is 75.8 Å². The summed E-state index contributed by atoms with van der Waals surface area (Å²) in [5, 5.41) is 3.27. The third kappa shape index (κ3) is 7.32. The fourth-order valence-electron chi connectivity index (χ4n) is 0.765. The minimum atomic E-state index is 0.677. The average molecular weight is 168 g/mol. The zero-order valence-corrected chi connectivity index (χ0v) is 8.43. The Morgan fingerprint density at radius 2 is 2.25 bits per heavy atom. The van der Waals surface area contributed by atoms with Crippen LogP contribution in [-0.2, 0) is 0 Å². The van der Waals surface area contributed by atoms with Gasteiger partial charge in [0.05, 0.1) is 0 Å². The highest BCUT2D eigenvalue weighted by Crippen LogP contribution is 1.95. The summed E-state index contributed by atoms with van der Waals surface area (Å²) in [7, 11) is 0. The molecule has 0 saturated carbocycles. The molecule has 0 amide bonds. The predicted octanol–water partition coefficient (Wildman–Crippen LogP) is 2.23. The van der Waals surface area contributed by atoms with E-state index >= 15 is 0 Å². The van der Waals surface area contributed by atoms with Gasteiger partial charge in [0, 0.05) is 25.2 Å². The smallest absolute Gasteiger partial charge is 0.0439 e. The van der Waals surface area contributed by atoms with E-state index in [9.17, 15) is 0 Å². The van der Waals surface area contributed by atoms with Gasteiger partial charge in [0.2, 0.25) is 0 Å². The maximum absolute atomic E-state index is 4.11. The van der Waals surface area contributed by atoms with Crippen molar-refractivity contribution in [3.63, 3.8) is 0 Å².